The van der Waals surface area contributed by atoms with E-state index in [-0.39, 0.29) is 17.9 Å². The number of ether oxygens (including phenoxy) is 1. The van der Waals surface area contributed by atoms with E-state index >= 15 is 0 Å². The number of rotatable bonds is 3. The number of primary amides is 1. The van der Waals surface area contributed by atoms with Crippen LogP contribution in [0.15, 0.2) is 11.1 Å². The number of imidazole rings is 1. The first-order chi connectivity index (χ1) is 8.54. The van der Waals surface area contributed by atoms with Gasteiger partial charge in [0.1, 0.15) is 12.9 Å². The molecule has 0 aromatic carbocycles. The number of nitrogens with two attached hydrogens (primary N) is 1. The van der Waals surface area contributed by atoms with Crippen LogP contribution in [0.4, 0.5) is 0 Å². The third-order valence-electron chi connectivity index (χ3n) is 2.16. The highest BCUT2D eigenvalue weighted by atomic mass is 16.5. The second kappa shape index (κ2) is 4.24. The van der Waals surface area contributed by atoms with Crippen LogP contribution < -0.4 is 11.4 Å². The Bertz CT molecular complexity index is 686. The van der Waals surface area contributed by atoms with Gasteiger partial charge in [0.25, 0.3) is 5.91 Å². The van der Waals surface area contributed by atoms with E-state index in [9.17, 15) is 14.4 Å². The molecule has 0 fully saturated rings. The molecular formula is C8H8N6O4. The van der Waals surface area contributed by atoms with Crippen molar-refractivity contribution >= 4 is 17.5 Å². The summed E-state index contributed by atoms with van der Waals surface area (Å²) in [6.45, 7) is -0.387. The quantitative estimate of drug-likeness (QED) is 0.599. The van der Waals surface area contributed by atoms with Crippen molar-refractivity contribution in [2.45, 2.75) is 6.54 Å². The molecule has 0 aliphatic rings. The second-order valence-corrected chi connectivity index (χ2v) is 3.26. The monoisotopic (exact) mass is 252 g/mol. The summed E-state index contributed by atoms with van der Waals surface area (Å²) >= 11 is 0. The molecular weight excluding hydrogens is 244 g/mol. The lowest BCUT2D eigenvalue weighted by Crippen LogP contribution is -2.32. The lowest BCUT2D eigenvalue weighted by molar-refractivity contribution is -0.141. The summed E-state index contributed by atoms with van der Waals surface area (Å²) < 4.78 is 6.15. The van der Waals surface area contributed by atoms with Crippen LogP contribution in [0.5, 0.6) is 0 Å². The van der Waals surface area contributed by atoms with Gasteiger partial charge in [0.2, 0.25) is 0 Å². The molecule has 2 N–H and O–H groups in total. The SMILES string of the molecule is COC(=O)Cn1nnc2c(C(N)=O)ncn2c1=O. The van der Waals surface area contributed by atoms with E-state index in [1.807, 2.05) is 0 Å². The zero-order valence-electron chi connectivity index (χ0n) is 9.23. The maximum atomic E-state index is 11.8. The van der Waals surface area contributed by atoms with E-state index in [2.05, 4.69) is 20.0 Å². The van der Waals surface area contributed by atoms with Crippen molar-refractivity contribution in [1.29, 1.82) is 0 Å². The highest BCUT2D eigenvalue weighted by Gasteiger charge is 2.16. The molecule has 2 aromatic rings. The largest absolute Gasteiger partial charge is 0.468 e. The fourth-order valence-electron chi connectivity index (χ4n) is 1.30. The van der Waals surface area contributed by atoms with Crippen molar-refractivity contribution in [3.63, 3.8) is 0 Å². The van der Waals surface area contributed by atoms with Gasteiger partial charge in [-0.3, -0.25) is 9.59 Å². The van der Waals surface area contributed by atoms with Crippen LogP contribution in [-0.4, -0.2) is 43.4 Å². The average Bonchev–Trinajstić information content (AvgIpc) is 2.77. The third kappa shape index (κ3) is 1.79. The van der Waals surface area contributed by atoms with Crippen LogP contribution in [-0.2, 0) is 16.1 Å². The summed E-state index contributed by atoms with van der Waals surface area (Å²) in [6, 6.07) is 0. The van der Waals surface area contributed by atoms with Crippen molar-refractivity contribution in [1.82, 2.24) is 24.4 Å². The van der Waals surface area contributed by atoms with Crippen LogP contribution in [0.3, 0.4) is 0 Å². The molecule has 94 valence electrons. The van der Waals surface area contributed by atoms with Crippen molar-refractivity contribution in [3.8, 4) is 0 Å². The van der Waals surface area contributed by atoms with Gasteiger partial charge in [-0.2, -0.15) is 4.68 Å². The fourth-order valence-corrected chi connectivity index (χ4v) is 1.30. The molecule has 0 aliphatic heterocycles. The summed E-state index contributed by atoms with van der Waals surface area (Å²) in [5.74, 6) is -1.47. The lowest BCUT2D eigenvalue weighted by atomic mass is 10.4. The van der Waals surface area contributed by atoms with E-state index in [0.29, 0.717) is 0 Å². The maximum absolute atomic E-state index is 11.8. The molecule has 10 nitrogen and oxygen atoms in total. The van der Waals surface area contributed by atoms with Crippen LogP contribution in [0.25, 0.3) is 5.65 Å². The Hall–Kier alpha value is -2.78. The molecule has 0 saturated heterocycles. The normalized spacial score (nSPS) is 10.5. The molecule has 0 radical (unpaired) electrons. The summed E-state index contributed by atoms with van der Waals surface area (Å²) in [6.07, 6.45) is 1.08. The molecule has 0 atom stereocenters. The van der Waals surface area contributed by atoms with Crippen molar-refractivity contribution < 1.29 is 14.3 Å². The first kappa shape index (κ1) is 11.7. The minimum absolute atomic E-state index is 0.0615. The van der Waals surface area contributed by atoms with Gasteiger partial charge in [0, 0.05) is 0 Å². The molecule has 1 amide bonds. The summed E-state index contributed by atoms with van der Waals surface area (Å²) in [5.41, 5.74) is 4.15. The van der Waals surface area contributed by atoms with Gasteiger partial charge in [0.15, 0.2) is 11.3 Å². The Labute approximate surface area is 99.0 Å². The number of nitrogens with zero attached hydrogens (tertiary/aromatic N) is 5. The molecule has 18 heavy (non-hydrogen) atoms. The number of hydrogen-bond donors (Lipinski definition) is 1. The van der Waals surface area contributed by atoms with E-state index in [4.69, 9.17) is 5.73 Å². The highest BCUT2D eigenvalue weighted by Crippen LogP contribution is 2.00. The average molecular weight is 252 g/mol. The molecule has 0 spiro atoms. The van der Waals surface area contributed by atoms with Crippen LogP contribution >= 0.6 is 0 Å². The van der Waals surface area contributed by atoms with Crippen LogP contribution in [0.1, 0.15) is 10.5 Å². The number of methoxy groups -OCH3 is 1. The Kier molecular flexibility index (Phi) is 2.75. The first-order valence-electron chi connectivity index (χ1n) is 4.72. The molecule has 0 bridgehead atoms. The molecule has 0 saturated carbocycles. The van der Waals surface area contributed by atoms with Crippen LogP contribution in [0, 0.1) is 0 Å². The maximum Gasteiger partial charge on any atom is 0.353 e. The van der Waals surface area contributed by atoms with Gasteiger partial charge in [-0.15, -0.1) is 5.10 Å². The first-order valence-corrected chi connectivity index (χ1v) is 4.72. The highest BCUT2D eigenvalue weighted by molar-refractivity contribution is 5.96. The number of hydrogen-bond acceptors (Lipinski definition) is 7. The standard InChI is InChI=1S/C8H8N6O4/c1-18-4(15)2-14-8(17)13-3-10-5(6(9)16)7(13)11-12-14/h3H,2H2,1H3,(H2,9,16). The number of fused-ring (bicyclic) bond motifs is 1. The van der Waals surface area contributed by atoms with E-state index < -0.39 is 17.6 Å². The molecule has 0 aliphatic carbocycles. The summed E-state index contributed by atoms with van der Waals surface area (Å²) in [7, 11) is 1.18. The van der Waals surface area contributed by atoms with Gasteiger partial charge in [-0.25, -0.2) is 14.2 Å². The third-order valence-corrected chi connectivity index (χ3v) is 2.16. The zero-order chi connectivity index (χ0) is 13.3. The molecule has 0 unspecified atom stereocenters. The Morgan fingerprint density at radius 1 is 1.50 bits per heavy atom. The zero-order valence-corrected chi connectivity index (χ0v) is 9.23. The van der Waals surface area contributed by atoms with Crippen molar-refractivity contribution in [2.24, 2.45) is 5.73 Å². The van der Waals surface area contributed by atoms with Gasteiger partial charge >= 0.3 is 11.7 Å². The second-order valence-electron chi connectivity index (χ2n) is 3.26. The Morgan fingerprint density at radius 2 is 2.22 bits per heavy atom. The molecule has 2 aromatic heterocycles. The smallest absolute Gasteiger partial charge is 0.353 e. The predicted octanol–water partition coefficient (Wildman–Crippen LogP) is -2.44. The van der Waals surface area contributed by atoms with E-state index in [0.717, 1.165) is 15.4 Å². The van der Waals surface area contributed by atoms with Crippen LogP contribution in [0.2, 0.25) is 0 Å². The van der Waals surface area contributed by atoms with E-state index in [1.165, 1.54) is 7.11 Å². The molecule has 2 rings (SSSR count). The lowest BCUT2D eigenvalue weighted by Gasteiger charge is -2.01. The van der Waals surface area contributed by atoms with E-state index in [1.54, 1.807) is 0 Å². The number of amides is 1. The number of carbonyl (C=O) groups is 2. The Morgan fingerprint density at radius 3 is 2.83 bits per heavy atom. The summed E-state index contributed by atoms with van der Waals surface area (Å²) in [5, 5.41) is 7.11. The van der Waals surface area contributed by atoms with Gasteiger partial charge in [-0.05, 0) is 0 Å². The Balaban J connectivity index is 2.56. The fraction of sp³-hybridized carbons (Fsp3) is 0.250. The van der Waals surface area contributed by atoms with Gasteiger partial charge < -0.3 is 10.5 Å². The summed E-state index contributed by atoms with van der Waals surface area (Å²) in [4.78, 5) is 37.5. The van der Waals surface area contributed by atoms with Gasteiger partial charge in [0.05, 0.1) is 7.11 Å². The number of esters is 1. The van der Waals surface area contributed by atoms with Gasteiger partial charge in [-0.1, -0.05) is 5.21 Å². The number of aromatic nitrogens is 5. The van der Waals surface area contributed by atoms with Crippen molar-refractivity contribution in [3.05, 3.63) is 22.5 Å². The molecule has 10 heteroatoms. The minimum atomic E-state index is -0.822. The van der Waals surface area contributed by atoms with Crippen molar-refractivity contribution in [2.75, 3.05) is 7.11 Å². The minimum Gasteiger partial charge on any atom is -0.468 e. The number of carbonyl (C=O) groups excluding carboxylic acids is 2. The topological polar surface area (TPSA) is 134 Å². The molecule has 2 heterocycles. The predicted molar refractivity (Wildman–Crippen MR) is 55.6 cm³/mol.